The first-order valence-electron chi connectivity index (χ1n) is 7.13. The number of carboxylic acid groups (broad SMARTS) is 1. The van der Waals surface area contributed by atoms with E-state index in [1.807, 2.05) is 6.92 Å². The molecule has 2 aliphatic rings. The Morgan fingerprint density at radius 1 is 1.32 bits per heavy atom. The fourth-order valence-electron chi connectivity index (χ4n) is 2.84. The summed E-state index contributed by atoms with van der Waals surface area (Å²) in [6.07, 6.45) is 5.62. The molecule has 5 nitrogen and oxygen atoms in total. The SMILES string of the molecule is CC1(NC(=O)COCC2CC2)CCCCC1C(=O)O. The minimum absolute atomic E-state index is 0.0401. The van der Waals surface area contributed by atoms with Gasteiger partial charge in [-0.05, 0) is 38.5 Å². The highest BCUT2D eigenvalue weighted by atomic mass is 16.5. The van der Waals surface area contributed by atoms with Crippen molar-refractivity contribution in [2.24, 2.45) is 11.8 Å². The molecule has 2 fully saturated rings. The van der Waals surface area contributed by atoms with Crippen LogP contribution >= 0.6 is 0 Å². The molecular weight excluding hydrogens is 246 g/mol. The molecule has 2 saturated carbocycles. The molecule has 0 bridgehead atoms. The Hall–Kier alpha value is -1.10. The van der Waals surface area contributed by atoms with Gasteiger partial charge in [0.25, 0.3) is 0 Å². The van der Waals surface area contributed by atoms with Gasteiger partial charge in [-0.1, -0.05) is 12.8 Å². The molecule has 0 saturated heterocycles. The first-order chi connectivity index (χ1) is 9.01. The van der Waals surface area contributed by atoms with E-state index in [4.69, 9.17) is 4.74 Å². The van der Waals surface area contributed by atoms with Crippen molar-refractivity contribution in [2.75, 3.05) is 13.2 Å². The van der Waals surface area contributed by atoms with Gasteiger partial charge in [0.1, 0.15) is 6.61 Å². The minimum Gasteiger partial charge on any atom is -0.481 e. The molecular formula is C14H23NO4. The first-order valence-corrected chi connectivity index (χ1v) is 7.13. The van der Waals surface area contributed by atoms with Gasteiger partial charge in [-0.15, -0.1) is 0 Å². The summed E-state index contributed by atoms with van der Waals surface area (Å²) in [6, 6.07) is 0. The fourth-order valence-corrected chi connectivity index (χ4v) is 2.84. The van der Waals surface area contributed by atoms with E-state index in [1.165, 1.54) is 12.8 Å². The van der Waals surface area contributed by atoms with Crippen LogP contribution in [0, 0.1) is 11.8 Å². The standard InChI is InChI=1S/C14H23NO4/c1-14(7-3-2-4-11(14)13(17)18)15-12(16)9-19-8-10-5-6-10/h10-11H,2-9H2,1H3,(H,15,16)(H,17,18). The number of amides is 1. The molecule has 0 heterocycles. The Morgan fingerprint density at radius 2 is 2.05 bits per heavy atom. The Bertz CT molecular complexity index is 353. The molecule has 0 aromatic heterocycles. The van der Waals surface area contributed by atoms with Crippen molar-refractivity contribution in [3.8, 4) is 0 Å². The molecule has 0 spiro atoms. The van der Waals surface area contributed by atoms with Gasteiger partial charge in [0.05, 0.1) is 18.1 Å². The van der Waals surface area contributed by atoms with E-state index < -0.39 is 17.4 Å². The quantitative estimate of drug-likeness (QED) is 0.767. The monoisotopic (exact) mass is 269 g/mol. The van der Waals surface area contributed by atoms with Crippen molar-refractivity contribution in [1.82, 2.24) is 5.32 Å². The van der Waals surface area contributed by atoms with E-state index in [0.29, 0.717) is 18.9 Å². The van der Waals surface area contributed by atoms with Crippen LogP contribution in [0.1, 0.15) is 45.4 Å². The zero-order chi connectivity index (χ0) is 13.9. The Balaban J connectivity index is 1.82. The number of ether oxygens (including phenoxy) is 1. The Morgan fingerprint density at radius 3 is 2.68 bits per heavy atom. The van der Waals surface area contributed by atoms with Crippen molar-refractivity contribution in [1.29, 1.82) is 0 Å². The van der Waals surface area contributed by atoms with Crippen molar-refractivity contribution in [2.45, 2.75) is 51.0 Å². The summed E-state index contributed by atoms with van der Waals surface area (Å²) in [5.41, 5.74) is -0.635. The van der Waals surface area contributed by atoms with Gasteiger partial charge in [-0.2, -0.15) is 0 Å². The molecule has 108 valence electrons. The Kier molecular flexibility index (Phi) is 4.45. The molecule has 2 rings (SSSR count). The fraction of sp³-hybridized carbons (Fsp3) is 0.857. The third kappa shape index (κ3) is 3.93. The second kappa shape index (κ2) is 5.90. The van der Waals surface area contributed by atoms with Gasteiger partial charge in [-0.3, -0.25) is 9.59 Å². The van der Waals surface area contributed by atoms with Crippen LogP contribution in [0.3, 0.4) is 0 Å². The second-order valence-electron chi connectivity index (χ2n) is 6.06. The first kappa shape index (κ1) is 14.3. The maximum atomic E-state index is 11.9. The van der Waals surface area contributed by atoms with E-state index in [2.05, 4.69) is 5.32 Å². The predicted molar refractivity (Wildman–Crippen MR) is 69.7 cm³/mol. The summed E-state index contributed by atoms with van der Waals surface area (Å²) in [6.45, 7) is 2.52. The largest absolute Gasteiger partial charge is 0.481 e. The van der Waals surface area contributed by atoms with E-state index in [9.17, 15) is 14.7 Å². The molecule has 2 unspecified atom stereocenters. The number of carbonyl (C=O) groups excluding carboxylic acids is 1. The summed E-state index contributed by atoms with van der Waals surface area (Å²) in [4.78, 5) is 23.1. The average Bonchev–Trinajstić information content (AvgIpc) is 3.12. The average molecular weight is 269 g/mol. The van der Waals surface area contributed by atoms with Gasteiger partial charge in [-0.25, -0.2) is 0 Å². The zero-order valence-electron chi connectivity index (χ0n) is 11.5. The number of hydrogen-bond donors (Lipinski definition) is 2. The summed E-state index contributed by atoms with van der Waals surface area (Å²) >= 11 is 0. The maximum Gasteiger partial charge on any atom is 0.308 e. The summed E-state index contributed by atoms with van der Waals surface area (Å²) in [5.74, 6) is -0.879. The van der Waals surface area contributed by atoms with Crippen molar-refractivity contribution in [3.63, 3.8) is 0 Å². The lowest BCUT2D eigenvalue weighted by atomic mass is 9.74. The number of carboxylic acids is 1. The number of hydrogen-bond acceptors (Lipinski definition) is 3. The highest BCUT2D eigenvalue weighted by Crippen LogP contribution is 2.34. The van der Waals surface area contributed by atoms with E-state index in [1.54, 1.807) is 0 Å². The van der Waals surface area contributed by atoms with Crippen molar-refractivity contribution in [3.05, 3.63) is 0 Å². The summed E-state index contributed by atoms with van der Waals surface area (Å²) < 4.78 is 5.34. The van der Waals surface area contributed by atoms with Crippen LogP contribution in [0.2, 0.25) is 0 Å². The molecule has 0 aliphatic heterocycles. The normalized spacial score (nSPS) is 30.9. The third-order valence-electron chi connectivity index (χ3n) is 4.21. The van der Waals surface area contributed by atoms with Crippen molar-refractivity contribution >= 4 is 11.9 Å². The van der Waals surface area contributed by atoms with Crippen LogP contribution < -0.4 is 5.32 Å². The van der Waals surface area contributed by atoms with Crippen LogP contribution in [-0.2, 0) is 14.3 Å². The van der Waals surface area contributed by atoms with E-state index in [-0.39, 0.29) is 12.5 Å². The number of nitrogens with one attached hydrogen (secondary N) is 1. The van der Waals surface area contributed by atoms with Crippen LogP contribution in [0.15, 0.2) is 0 Å². The molecule has 19 heavy (non-hydrogen) atoms. The maximum absolute atomic E-state index is 11.9. The molecule has 1 amide bonds. The second-order valence-corrected chi connectivity index (χ2v) is 6.06. The molecule has 0 aromatic carbocycles. The number of carbonyl (C=O) groups is 2. The molecule has 0 radical (unpaired) electrons. The van der Waals surface area contributed by atoms with E-state index in [0.717, 1.165) is 19.3 Å². The predicted octanol–water partition coefficient (Wildman–Crippen LogP) is 1.56. The Labute approximate surface area is 113 Å². The molecule has 2 N–H and O–H groups in total. The lowest BCUT2D eigenvalue weighted by Gasteiger charge is -2.39. The smallest absolute Gasteiger partial charge is 0.308 e. The van der Waals surface area contributed by atoms with Gasteiger partial charge in [0, 0.05) is 0 Å². The number of rotatable bonds is 6. The topological polar surface area (TPSA) is 75.6 Å². The lowest BCUT2D eigenvalue weighted by molar-refractivity contribution is -0.147. The molecule has 0 aromatic rings. The molecule has 2 atom stereocenters. The summed E-state index contributed by atoms with van der Waals surface area (Å²) in [5, 5.41) is 12.1. The van der Waals surface area contributed by atoms with Gasteiger partial charge in [0.2, 0.25) is 5.91 Å². The highest BCUT2D eigenvalue weighted by Gasteiger charge is 2.42. The molecule has 5 heteroatoms. The van der Waals surface area contributed by atoms with Crippen LogP contribution in [-0.4, -0.2) is 35.7 Å². The van der Waals surface area contributed by atoms with Gasteiger partial charge >= 0.3 is 5.97 Å². The summed E-state index contributed by atoms with van der Waals surface area (Å²) in [7, 11) is 0. The van der Waals surface area contributed by atoms with Gasteiger partial charge in [0.15, 0.2) is 0 Å². The van der Waals surface area contributed by atoms with Crippen molar-refractivity contribution < 1.29 is 19.4 Å². The zero-order valence-corrected chi connectivity index (χ0v) is 11.5. The molecule has 2 aliphatic carbocycles. The van der Waals surface area contributed by atoms with Crippen LogP contribution in [0.4, 0.5) is 0 Å². The third-order valence-corrected chi connectivity index (χ3v) is 4.21. The van der Waals surface area contributed by atoms with Crippen LogP contribution in [0.5, 0.6) is 0 Å². The van der Waals surface area contributed by atoms with Gasteiger partial charge < -0.3 is 15.2 Å². The lowest BCUT2D eigenvalue weighted by Crippen LogP contribution is -2.56. The highest BCUT2D eigenvalue weighted by molar-refractivity contribution is 5.80. The van der Waals surface area contributed by atoms with E-state index >= 15 is 0 Å². The number of aliphatic carboxylic acids is 1. The minimum atomic E-state index is -0.818. The van der Waals surface area contributed by atoms with Crippen LogP contribution in [0.25, 0.3) is 0 Å².